The minimum Gasteiger partial charge on any atom is -0.394 e. The summed E-state index contributed by atoms with van der Waals surface area (Å²) in [6.45, 7) is -1.31. The summed E-state index contributed by atoms with van der Waals surface area (Å²) in [5.41, 5.74) is 28.9. The van der Waals surface area contributed by atoms with Crippen molar-refractivity contribution < 1.29 is 50.0 Å². The topological polar surface area (TPSA) is 427 Å². The van der Waals surface area contributed by atoms with Crippen molar-refractivity contribution in [3.63, 3.8) is 0 Å². The molecule has 0 bridgehead atoms. The largest absolute Gasteiger partial charge is 0.394 e. The number of aromatic nitrogens is 6. The molecule has 56 heavy (non-hydrogen) atoms. The summed E-state index contributed by atoms with van der Waals surface area (Å²) in [4.78, 5) is 49.9. The van der Waals surface area contributed by atoms with E-state index in [0.717, 1.165) is 13.7 Å². The highest BCUT2D eigenvalue weighted by Gasteiger charge is 2.45. The zero-order chi connectivity index (χ0) is 41.4. The van der Waals surface area contributed by atoms with Crippen molar-refractivity contribution in [2.24, 2.45) is 10.8 Å². The lowest BCUT2D eigenvalue weighted by Crippen LogP contribution is -2.42. The van der Waals surface area contributed by atoms with E-state index in [4.69, 9.17) is 58.0 Å². The van der Waals surface area contributed by atoms with Crippen LogP contribution in [0.15, 0.2) is 55.2 Å². The molecule has 0 radical (unpaired) electrons. The molecule has 3 saturated heterocycles. The molecule has 3 aliphatic heterocycles. The maximum atomic E-state index is 11.8. The van der Waals surface area contributed by atoms with E-state index in [1.165, 1.54) is 35.7 Å². The van der Waals surface area contributed by atoms with Gasteiger partial charge in [0.15, 0.2) is 12.5 Å². The van der Waals surface area contributed by atoms with Crippen molar-refractivity contribution in [1.29, 1.82) is 0 Å². The molecule has 6 heterocycles. The Morgan fingerprint density at radius 2 is 1.23 bits per heavy atom. The van der Waals surface area contributed by atoms with E-state index in [0.29, 0.717) is 5.56 Å². The molecule has 3 fully saturated rings. The molecule has 12 atom stereocenters. The van der Waals surface area contributed by atoms with Crippen molar-refractivity contribution in [2.45, 2.75) is 73.5 Å². The van der Waals surface area contributed by atoms with E-state index in [-0.39, 0.29) is 24.1 Å². The number of ether oxygens (including phenoxy) is 3. The first-order valence-corrected chi connectivity index (χ1v) is 17.2. The molecule has 0 saturated carbocycles. The van der Waals surface area contributed by atoms with Crippen LogP contribution in [0.3, 0.4) is 0 Å². The molecular weight excluding hydrogens is 818 g/mol. The number of azide groups is 1. The molecule has 3 aromatic heterocycles. The fraction of sp³-hybridized carbons (Fsp3) is 0.517. The van der Waals surface area contributed by atoms with Gasteiger partial charge in [-0.3, -0.25) is 13.7 Å². The lowest BCUT2D eigenvalue weighted by molar-refractivity contribution is -0.0549. The molecular formula is C29H40BrN13O13. The van der Waals surface area contributed by atoms with E-state index in [1.807, 2.05) is 0 Å². The lowest BCUT2D eigenvalue weighted by atomic mass is 10.1. The van der Waals surface area contributed by atoms with E-state index >= 15 is 0 Å². The van der Waals surface area contributed by atoms with Crippen LogP contribution >= 0.6 is 15.9 Å². The number of hydrogen-bond acceptors (Lipinski definition) is 21. The Labute approximate surface area is 322 Å². The Bertz CT molecular complexity index is 2060. The van der Waals surface area contributed by atoms with Gasteiger partial charge in [-0.2, -0.15) is 15.0 Å². The average Bonchev–Trinajstić information content (AvgIpc) is 3.74. The molecule has 0 aliphatic carbocycles. The Hall–Kier alpha value is -4.87. The summed E-state index contributed by atoms with van der Waals surface area (Å²) >= 11 is 3.08. The monoisotopic (exact) mass is 857 g/mol. The van der Waals surface area contributed by atoms with Gasteiger partial charge in [-0.1, -0.05) is 21.0 Å². The van der Waals surface area contributed by atoms with Crippen LogP contribution in [0.4, 0.5) is 17.5 Å². The summed E-state index contributed by atoms with van der Waals surface area (Å²) in [6, 6.07) is 0.952. The third-order valence-corrected chi connectivity index (χ3v) is 8.86. The van der Waals surface area contributed by atoms with Gasteiger partial charge in [0.25, 0.3) is 0 Å². The van der Waals surface area contributed by atoms with Gasteiger partial charge >= 0.3 is 17.1 Å². The molecule has 0 amide bonds. The fourth-order valence-corrected chi connectivity index (χ4v) is 5.97. The first-order chi connectivity index (χ1) is 26.6. The van der Waals surface area contributed by atoms with Gasteiger partial charge < -0.3 is 72.9 Å². The maximum Gasteiger partial charge on any atom is 0.351 e. The number of halogens is 1. The molecule has 27 heteroatoms. The number of nitrogens with zero attached hydrogens (tertiary/aromatic N) is 9. The SMILES string of the molecule is Nc1ccn([C@@H]2O[C@H](CO)[C@@H](O)[C@H]2N)c(=O)n1.Nc1nc(=O)n([C@@H]2O[C@H](CO)[C@@H](O)[C@H]2O)cc1/C=C/Br.[N-]=[N+]=N[C@@H]1[C@H](O)[C@@H](CO)O[C@H]1n1ccc(N)nc1=O. The fourth-order valence-electron chi connectivity index (χ4n) is 5.69. The number of nitrogens with two attached hydrogens (primary N) is 4. The van der Waals surface area contributed by atoms with E-state index in [9.17, 15) is 34.8 Å². The van der Waals surface area contributed by atoms with Crippen molar-refractivity contribution in [3.05, 3.63) is 83.2 Å². The van der Waals surface area contributed by atoms with Crippen LogP contribution in [-0.4, -0.2) is 139 Å². The van der Waals surface area contributed by atoms with Crippen LogP contribution in [0.2, 0.25) is 0 Å². The Balaban J connectivity index is 0.000000187. The summed E-state index contributed by atoms with van der Waals surface area (Å²) in [5.74, 6) is 0.171. The van der Waals surface area contributed by atoms with Crippen molar-refractivity contribution >= 4 is 39.5 Å². The predicted molar refractivity (Wildman–Crippen MR) is 195 cm³/mol. The Kier molecular flexibility index (Phi) is 15.1. The van der Waals surface area contributed by atoms with E-state index in [2.05, 4.69) is 40.9 Å². The van der Waals surface area contributed by atoms with Gasteiger partial charge in [0.2, 0.25) is 0 Å². The molecule has 15 N–H and O–H groups in total. The van der Waals surface area contributed by atoms with Crippen LogP contribution in [0.25, 0.3) is 16.5 Å². The minimum absolute atomic E-state index is 0.0358. The van der Waals surface area contributed by atoms with Gasteiger partial charge in [-0.05, 0) is 28.7 Å². The summed E-state index contributed by atoms with van der Waals surface area (Å²) in [5, 5.41) is 69.6. The third-order valence-electron chi connectivity index (χ3n) is 8.60. The second kappa shape index (κ2) is 19.3. The standard InChI is InChI=1S/C11H14BrN3O5.C9H12N6O4.C9H14N4O4/c12-2-1-5-3-15(11(19)14-9(5)13)10-8(18)7(17)6(4-16)20-10;10-5-1-2-15(9(18)12-5)8-6(13-14-11)7(17)4(3-16)19-8;10-5-1-2-13(9(16)12-5)8-6(11)7(15)4(3-14)17-8/h1-3,6-8,10,16-18H,4H2,(H2,13,14,19);1-2,4,6-8,16-17H,3H2,(H2,10,12,18);1-2,4,6-8,14-15H,3,11H2,(H2,10,12,16)/b2-1+;;/t6-,7-,8-,10-;2*4-,6-,7-,8-/m111/s1. The van der Waals surface area contributed by atoms with E-state index < -0.39 is 104 Å². The van der Waals surface area contributed by atoms with Crippen LogP contribution in [0, 0.1) is 0 Å². The molecule has 306 valence electrons. The molecule has 26 nitrogen and oxygen atoms in total. The van der Waals surface area contributed by atoms with E-state index in [1.54, 1.807) is 6.08 Å². The number of anilines is 3. The maximum absolute atomic E-state index is 11.8. The Morgan fingerprint density at radius 1 is 0.750 bits per heavy atom. The number of aliphatic hydroxyl groups excluding tert-OH is 7. The average molecular weight is 859 g/mol. The lowest BCUT2D eigenvalue weighted by Gasteiger charge is -2.18. The smallest absolute Gasteiger partial charge is 0.351 e. The molecule has 0 spiro atoms. The van der Waals surface area contributed by atoms with Gasteiger partial charge in [-0.25, -0.2) is 14.4 Å². The van der Waals surface area contributed by atoms with Crippen molar-refractivity contribution in [3.8, 4) is 0 Å². The second-order valence-electron chi connectivity index (χ2n) is 12.1. The summed E-state index contributed by atoms with van der Waals surface area (Å²) < 4.78 is 19.1. The Morgan fingerprint density at radius 3 is 1.71 bits per heavy atom. The molecule has 0 unspecified atom stereocenters. The predicted octanol–water partition coefficient (Wildman–Crippen LogP) is -5.04. The number of aliphatic hydroxyl groups is 7. The zero-order valence-electron chi connectivity index (χ0n) is 28.9. The molecule has 3 aromatic rings. The van der Waals surface area contributed by atoms with Gasteiger partial charge in [0.1, 0.15) is 66.3 Å². The van der Waals surface area contributed by atoms with Crippen LogP contribution < -0.4 is 40.0 Å². The van der Waals surface area contributed by atoms with Crippen LogP contribution in [0.1, 0.15) is 24.2 Å². The third kappa shape index (κ3) is 9.56. The first-order valence-electron chi connectivity index (χ1n) is 16.3. The highest BCUT2D eigenvalue weighted by Crippen LogP contribution is 2.31. The van der Waals surface area contributed by atoms with Crippen molar-refractivity contribution in [1.82, 2.24) is 28.7 Å². The normalized spacial score (nSPS) is 30.9. The first kappa shape index (κ1) is 43.9. The van der Waals surface area contributed by atoms with Gasteiger partial charge in [0, 0.05) is 29.1 Å². The number of rotatable bonds is 8. The number of nitrogen functional groups attached to an aromatic ring is 3. The molecule has 3 aliphatic rings. The minimum atomic E-state index is -1.35. The zero-order valence-corrected chi connectivity index (χ0v) is 30.5. The van der Waals surface area contributed by atoms with Crippen LogP contribution in [0.5, 0.6) is 0 Å². The van der Waals surface area contributed by atoms with Gasteiger partial charge in [0.05, 0.1) is 32.0 Å². The van der Waals surface area contributed by atoms with Crippen LogP contribution in [-0.2, 0) is 14.2 Å². The molecule has 6 rings (SSSR count). The number of hydrogen-bond donors (Lipinski definition) is 11. The van der Waals surface area contributed by atoms with Crippen molar-refractivity contribution in [2.75, 3.05) is 37.0 Å². The molecule has 0 aromatic carbocycles. The highest BCUT2D eigenvalue weighted by molar-refractivity contribution is 9.11. The summed E-state index contributed by atoms with van der Waals surface area (Å²) in [6.07, 6.45) is -4.98. The van der Waals surface area contributed by atoms with Gasteiger partial charge in [-0.15, -0.1) is 0 Å². The summed E-state index contributed by atoms with van der Waals surface area (Å²) in [7, 11) is 0. The highest BCUT2D eigenvalue weighted by atomic mass is 79.9. The quantitative estimate of drug-likeness (QED) is 0.0574. The second-order valence-corrected chi connectivity index (χ2v) is 12.7.